The summed E-state index contributed by atoms with van der Waals surface area (Å²) in [6.07, 6.45) is -0.775. The lowest BCUT2D eigenvalue weighted by Gasteiger charge is -2.29. The molecule has 29 heavy (non-hydrogen) atoms. The molecule has 6 heteroatoms. The maximum atomic E-state index is 13.4. The molecule has 2 aromatic rings. The van der Waals surface area contributed by atoms with Gasteiger partial charge >= 0.3 is 6.03 Å². The number of imide groups is 2. The Bertz CT molecular complexity index is 882. The van der Waals surface area contributed by atoms with Crippen LogP contribution in [0.25, 0.3) is 0 Å². The Hall–Kier alpha value is -2.99. The second-order valence-corrected chi connectivity index (χ2v) is 7.35. The Morgan fingerprint density at radius 2 is 1.34 bits per heavy atom. The Morgan fingerprint density at radius 3 is 1.76 bits per heavy atom. The normalized spacial score (nSPS) is 21.2. The summed E-state index contributed by atoms with van der Waals surface area (Å²) >= 11 is 0. The van der Waals surface area contributed by atoms with E-state index in [-0.39, 0.29) is 12.3 Å². The highest BCUT2D eigenvalue weighted by Gasteiger charge is 2.53. The van der Waals surface area contributed by atoms with Gasteiger partial charge in [0.05, 0.1) is 24.1 Å². The molecule has 0 aliphatic carbocycles. The van der Waals surface area contributed by atoms with Gasteiger partial charge in [-0.25, -0.2) is 4.79 Å². The number of benzene rings is 2. The van der Waals surface area contributed by atoms with Gasteiger partial charge in [0.2, 0.25) is 11.8 Å². The standard InChI is InChI=1S/C23H26N2O4/c1-4-19(27)24-20(17-11-7-5-8-12-17)21(18-13-9-6-10-14-18)25(23(24)29)22(28)15(2)16(3)26/h5-16,20-21,26H,4H2,1-3H3/t15-,16+,20-,21-/m1/s1. The molecular weight excluding hydrogens is 368 g/mol. The van der Waals surface area contributed by atoms with Gasteiger partial charge in [-0.15, -0.1) is 0 Å². The van der Waals surface area contributed by atoms with E-state index in [0.29, 0.717) is 0 Å². The zero-order chi connectivity index (χ0) is 21.1. The monoisotopic (exact) mass is 394 g/mol. The van der Waals surface area contributed by atoms with Crippen LogP contribution in [0.5, 0.6) is 0 Å². The van der Waals surface area contributed by atoms with Crippen LogP contribution in [0.2, 0.25) is 0 Å². The number of urea groups is 1. The number of aliphatic hydroxyl groups excluding tert-OH is 1. The molecule has 1 aliphatic rings. The minimum Gasteiger partial charge on any atom is -0.393 e. The Labute approximate surface area is 170 Å². The topological polar surface area (TPSA) is 77.9 Å². The molecule has 1 heterocycles. The van der Waals surface area contributed by atoms with Crippen molar-refractivity contribution in [2.24, 2.45) is 5.92 Å². The lowest BCUT2D eigenvalue weighted by Crippen LogP contribution is -2.43. The van der Waals surface area contributed by atoms with E-state index in [2.05, 4.69) is 0 Å². The van der Waals surface area contributed by atoms with Crippen molar-refractivity contribution in [1.82, 2.24) is 9.80 Å². The molecule has 0 unspecified atom stereocenters. The first kappa shape index (κ1) is 20.7. The number of aliphatic hydroxyl groups is 1. The van der Waals surface area contributed by atoms with Crippen LogP contribution in [-0.4, -0.2) is 38.9 Å². The molecule has 4 atom stereocenters. The van der Waals surface area contributed by atoms with Crippen molar-refractivity contribution in [3.05, 3.63) is 71.8 Å². The van der Waals surface area contributed by atoms with Gasteiger partial charge < -0.3 is 5.11 Å². The highest BCUT2D eigenvalue weighted by molar-refractivity contribution is 6.05. The average molecular weight is 394 g/mol. The summed E-state index contributed by atoms with van der Waals surface area (Å²) in [6.45, 7) is 4.80. The fourth-order valence-corrected chi connectivity index (χ4v) is 3.69. The molecule has 0 aromatic heterocycles. The van der Waals surface area contributed by atoms with E-state index < -0.39 is 36.0 Å². The smallest absolute Gasteiger partial charge is 0.334 e. The van der Waals surface area contributed by atoms with Gasteiger partial charge in [-0.2, -0.15) is 0 Å². The first-order valence-corrected chi connectivity index (χ1v) is 9.85. The molecule has 0 saturated carbocycles. The van der Waals surface area contributed by atoms with Crippen LogP contribution in [0.4, 0.5) is 4.79 Å². The molecule has 0 spiro atoms. The Morgan fingerprint density at radius 1 is 0.897 bits per heavy atom. The maximum absolute atomic E-state index is 13.4. The van der Waals surface area contributed by atoms with Crippen LogP contribution in [-0.2, 0) is 9.59 Å². The van der Waals surface area contributed by atoms with Crippen LogP contribution in [0.1, 0.15) is 50.4 Å². The quantitative estimate of drug-likeness (QED) is 0.839. The molecular formula is C23H26N2O4. The summed E-state index contributed by atoms with van der Waals surface area (Å²) in [7, 11) is 0. The van der Waals surface area contributed by atoms with Crippen molar-refractivity contribution in [3.8, 4) is 0 Å². The summed E-state index contributed by atoms with van der Waals surface area (Å²) in [5.74, 6) is -1.62. The lowest BCUT2D eigenvalue weighted by atomic mass is 9.92. The minimum absolute atomic E-state index is 0.143. The van der Waals surface area contributed by atoms with E-state index in [0.717, 1.165) is 16.0 Å². The van der Waals surface area contributed by atoms with Gasteiger partial charge in [0.25, 0.3) is 0 Å². The number of nitrogens with zero attached hydrogens (tertiary/aromatic N) is 2. The number of amides is 4. The molecule has 0 radical (unpaired) electrons. The van der Waals surface area contributed by atoms with Gasteiger partial charge in [0.15, 0.2) is 0 Å². The Balaban J connectivity index is 2.20. The molecule has 2 aromatic carbocycles. The van der Waals surface area contributed by atoms with Gasteiger partial charge in [-0.1, -0.05) is 74.5 Å². The van der Waals surface area contributed by atoms with E-state index >= 15 is 0 Å². The number of carbonyl (C=O) groups excluding carboxylic acids is 3. The second-order valence-electron chi connectivity index (χ2n) is 7.35. The van der Waals surface area contributed by atoms with Gasteiger partial charge in [0, 0.05) is 6.42 Å². The third-order valence-electron chi connectivity index (χ3n) is 5.47. The molecule has 4 amide bonds. The predicted molar refractivity (Wildman–Crippen MR) is 109 cm³/mol. The molecule has 1 aliphatic heterocycles. The van der Waals surface area contributed by atoms with Crippen molar-refractivity contribution in [2.75, 3.05) is 0 Å². The van der Waals surface area contributed by atoms with Gasteiger partial charge in [-0.05, 0) is 18.1 Å². The average Bonchev–Trinajstić information content (AvgIpc) is 3.06. The van der Waals surface area contributed by atoms with Crippen LogP contribution < -0.4 is 0 Å². The van der Waals surface area contributed by atoms with E-state index in [9.17, 15) is 19.5 Å². The number of hydrogen-bond donors (Lipinski definition) is 1. The minimum atomic E-state index is -0.919. The third kappa shape index (κ3) is 3.80. The predicted octanol–water partition coefficient (Wildman–Crippen LogP) is 3.69. The fraction of sp³-hybridized carbons (Fsp3) is 0.348. The van der Waals surface area contributed by atoms with Crippen LogP contribution in [0.15, 0.2) is 60.7 Å². The highest BCUT2D eigenvalue weighted by Crippen LogP contribution is 2.46. The number of carbonyl (C=O) groups is 3. The van der Waals surface area contributed by atoms with E-state index in [1.54, 1.807) is 13.8 Å². The Kier molecular flexibility index (Phi) is 6.13. The summed E-state index contributed by atoms with van der Waals surface area (Å²) < 4.78 is 0. The summed E-state index contributed by atoms with van der Waals surface area (Å²) in [6, 6.07) is 16.6. The first-order chi connectivity index (χ1) is 13.9. The molecule has 1 fully saturated rings. The number of rotatable bonds is 5. The van der Waals surface area contributed by atoms with Gasteiger partial charge in [0.1, 0.15) is 0 Å². The van der Waals surface area contributed by atoms with Crippen LogP contribution in [0, 0.1) is 5.92 Å². The summed E-state index contributed by atoms with van der Waals surface area (Å²) in [5.41, 5.74) is 1.53. The molecule has 3 rings (SSSR count). The van der Waals surface area contributed by atoms with Crippen molar-refractivity contribution >= 4 is 17.8 Å². The van der Waals surface area contributed by atoms with Crippen molar-refractivity contribution in [1.29, 1.82) is 0 Å². The highest BCUT2D eigenvalue weighted by atomic mass is 16.3. The molecule has 1 saturated heterocycles. The van der Waals surface area contributed by atoms with Gasteiger partial charge in [-0.3, -0.25) is 19.4 Å². The molecule has 0 bridgehead atoms. The molecule has 6 nitrogen and oxygen atoms in total. The molecule has 1 N–H and O–H groups in total. The van der Waals surface area contributed by atoms with Crippen LogP contribution in [0.3, 0.4) is 0 Å². The maximum Gasteiger partial charge on any atom is 0.334 e. The van der Waals surface area contributed by atoms with E-state index in [1.165, 1.54) is 11.8 Å². The van der Waals surface area contributed by atoms with E-state index in [1.807, 2.05) is 60.7 Å². The van der Waals surface area contributed by atoms with Crippen LogP contribution >= 0.6 is 0 Å². The fourth-order valence-electron chi connectivity index (χ4n) is 3.69. The second kappa shape index (κ2) is 8.57. The first-order valence-electron chi connectivity index (χ1n) is 9.85. The SMILES string of the molecule is CCC(=O)N1C(=O)N(C(=O)[C@H](C)[C@H](C)O)[C@H](c2ccccc2)[C@H]1c1ccccc1. The van der Waals surface area contributed by atoms with Crippen molar-refractivity contribution < 1.29 is 19.5 Å². The third-order valence-corrected chi connectivity index (χ3v) is 5.47. The largest absolute Gasteiger partial charge is 0.393 e. The summed E-state index contributed by atoms with van der Waals surface area (Å²) in [4.78, 5) is 41.7. The van der Waals surface area contributed by atoms with E-state index in [4.69, 9.17) is 0 Å². The molecule has 152 valence electrons. The lowest BCUT2D eigenvalue weighted by molar-refractivity contribution is -0.136. The summed E-state index contributed by atoms with van der Waals surface area (Å²) in [5, 5.41) is 9.96. The number of hydrogen-bond acceptors (Lipinski definition) is 4. The zero-order valence-corrected chi connectivity index (χ0v) is 16.9. The van der Waals surface area contributed by atoms with Crippen molar-refractivity contribution in [2.45, 2.75) is 45.4 Å². The zero-order valence-electron chi connectivity index (χ0n) is 16.9. The van der Waals surface area contributed by atoms with Crippen molar-refractivity contribution in [3.63, 3.8) is 0 Å².